The summed E-state index contributed by atoms with van der Waals surface area (Å²) in [5.74, 6) is -0.378. The number of hydrogen-bond acceptors (Lipinski definition) is 2. The third-order valence-corrected chi connectivity index (χ3v) is 3.05. The lowest BCUT2D eigenvalue weighted by Crippen LogP contribution is -2.13. The molecule has 0 fully saturated rings. The molecule has 0 unspecified atom stereocenters. The van der Waals surface area contributed by atoms with Crippen molar-refractivity contribution in [2.24, 2.45) is 0 Å². The van der Waals surface area contributed by atoms with Crippen LogP contribution >= 0.6 is 11.6 Å². The fourth-order valence-corrected chi connectivity index (χ4v) is 1.92. The van der Waals surface area contributed by atoms with Crippen LogP contribution in [0.3, 0.4) is 0 Å². The monoisotopic (exact) mass is 274 g/mol. The van der Waals surface area contributed by atoms with Crippen molar-refractivity contribution in [1.82, 2.24) is 5.32 Å². The summed E-state index contributed by atoms with van der Waals surface area (Å²) >= 11 is 5.71. The van der Waals surface area contributed by atoms with Crippen molar-refractivity contribution in [1.29, 1.82) is 5.26 Å². The Kier molecular flexibility index (Phi) is 4.51. The largest absolute Gasteiger partial charge is 0.309 e. The molecule has 0 saturated carbocycles. The van der Waals surface area contributed by atoms with Gasteiger partial charge in [-0.2, -0.15) is 5.26 Å². The average molecular weight is 275 g/mol. The van der Waals surface area contributed by atoms with Crippen LogP contribution in [0.2, 0.25) is 5.02 Å². The maximum Gasteiger partial charge on any atom is 0.146 e. The standard InChI is InChI=1S/C15H12ClFN2/c16-14-3-1-2-13(15(14)17)10-19-9-12-6-4-11(8-18)5-7-12/h1-7,19H,9-10H2. The Morgan fingerprint density at radius 2 is 1.84 bits per heavy atom. The zero-order valence-corrected chi connectivity index (χ0v) is 10.9. The molecule has 0 atom stereocenters. The van der Waals surface area contributed by atoms with Crippen molar-refractivity contribution in [2.45, 2.75) is 13.1 Å². The van der Waals surface area contributed by atoms with E-state index in [1.54, 1.807) is 24.3 Å². The third-order valence-electron chi connectivity index (χ3n) is 2.76. The fraction of sp³-hybridized carbons (Fsp3) is 0.133. The smallest absolute Gasteiger partial charge is 0.146 e. The van der Waals surface area contributed by atoms with Crippen molar-refractivity contribution in [3.8, 4) is 6.07 Å². The van der Waals surface area contributed by atoms with Crippen LogP contribution in [-0.2, 0) is 13.1 Å². The van der Waals surface area contributed by atoms with Gasteiger partial charge in [-0.15, -0.1) is 0 Å². The molecule has 0 bridgehead atoms. The van der Waals surface area contributed by atoms with Gasteiger partial charge in [-0.3, -0.25) is 0 Å². The minimum Gasteiger partial charge on any atom is -0.309 e. The van der Waals surface area contributed by atoms with E-state index in [0.29, 0.717) is 24.2 Å². The van der Waals surface area contributed by atoms with Crippen LogP contribution in [0, 0.1) is 17.1 Å². The number of nitrogens with zero attached hydrogens (tertiary/aromatic N) is 1. The molecule has 2 aromatic rings. The van der Waals surface area contributed by atoms with Crippen LogP contribution in [0.25, 0.3) is 0 Å². The van der Waals surface area contributed by atoms with Gasteiger partial charge >= 0.3 is 0 Å². The highest BCUT2D eigenvalue weighted by Crippen LogP contribution is 2.17. The Hall–Kier alpha value is -1.89. The zero-order valence-electron chi connectivity index (χ0n) is 10.2. The number of hydrogen-bond donors (Lipinski definition) is 1. The molecular weight excluding hydrogens is 263 g/mol. The number of rotatable bonds is 4. The molecule has 0 aliphatic rings. The van der Waals surface area contributed by atoms with E-state index in [0.717, 1.165) is 5.56 Å². The van der Waals surface area contributed by atoms with E-state index in [1.807, 2.05) is 12.1 Å². The molecular formula is C15H12ClFN2. The van der Waals surface area contributed by atoms with Gasteiger partial charge < -0.3 is 5.32 Å². The second kappa shape index (κ2) is 6.33. The molecule has 0 aliphatic carbocycles. The lowest BCUT2D eigenvalue weighted by atomic mass is 10.1. The first-order valence-electron chi connectivity index (χ1n) is 5.83. The Balaban J connectivity index is 1.93. The number of halogens is 2. The van der Waals surface area contributed by atoms with Gasteiger partial charge in [0.15, 0.2) is 0 Å². The summed E-state index contributed by atoms with van der Waals surface area (Å²) in [6.45, 7) is 1.02. The van der Waals surface area contributed by atoms with E-state index in [-0.39, 0.29) is 10.8 Å². The minimum atomic E-state index is -0.378. The van der Waals surface area contributed by atoms with E-state index in [9.17, 15) is 4.39 Å². The number of nitrogens with one attached hydrogen (secondary N) is 1. The van der Waals surface area contributed by atoms with Gasteiger partial charge in [0.2, 0.25) is 0 Å². The summed E-state index contributed by atoms with van der Waals surface area (Å²) in [6, 6.07) is 14.3. The van der Waals surface area contributed by atoms with E-state index < -0.39 is 0 Å². The first-order valence-corrected chi connectivity index (χ1v) is 6.21. The Morgan fingerprint density at radius 3 is 2.53 bits per heavy atom. The molecule has 4 heteroatoms. The molecule has 0 saturated heterocycles. The van der Waals surface area contributed by atoms with Gasteiger partial charge in [-0.25, -0.2) is 4.39 Å². The summed E-state index contributed by atoms with van der Waals surface area (Å²) in [7, 11) is 0. The quantitative estimate of drug-likeness (QED) is 0.924. The number of benzene rings is 2. The van der Waals surface area contributed by atoms with Crippen LogP contribution in [0.5, 0.6) is 0 Å². The Labute approximate surface area is 116 Å². The van der Waals surface area contributed by atoms with Gasteiger partial charge in [0.05, 0.1) is 16.7 Å². The van der Waals surface area contributed by atoms with E-state index in [1.165, 1.54) is 6.07 Å². The molecule has 0 amide bonds. The molecule has 2 rings (SSSR count). The summed E-state index contributed by atoms with van der Waals surface area (Å²) in [6.07, 6.45) is 0. The topological polar surface area (TPSA) is 35.8 Å². The Bertz CT molecular complexity index is 603. The second-order valence-corrected chi connectivity index (χ2v) is 4.53. The van der Waals surface area contributed by atoms with Crippen molar-refractivity contribution in [2.75, 3.05) is 0 Å². The second-order valence-electron chi connectivity index (χ2n) is 4.13. The van der Waals surface area contributed by atoms with Crippen molar-refractivity contribution in [3.05, 3.63) is 70.0 Å². The number of nitriles is 1. The van der Waals surface area contributed by atoms with Gasteiger partial charge in [0.25, 0.3) is 0 Å². The highest BCUT2D eigenvalue weighted by Gasteiger charge is 2.05. The lowest BCUT2D eigenvalue weighted by Gasteiger charge is -2.07. The third kappa shape index (κ3) is 3.54. The van der Waals surface area contributed by atoms with E-state index in [4.69, 9.17) is 16.9 Å². The molecule has 1 N–H and O–H groups in total. The van der Waals surface area contributed by atoms with Gasteiger partial charge in [-0.1, -0.05) is 35.9 Å². The predicted molar refractivity (Wildman–Crippen MR) is 73.1 cm³/mol. The predicted octanol–water partition coefficient (Wildman–Crippen LogP) is 3.64. The van der Waals surface area contributed by atoms with Crippen molar-refractivity contribution >= 4 is 11.6 Å². The summed E-state index contributed by atoms with van der Waals surface area (Å²) in [5.41, 5.74) is 2.22. The summed E-state index contributed by atoms with van der Waals surface area (Å²) in [5, 5.41) is 12.0. The van der Waals surface area contributed by atoms with Crippen molar-refractivity contribution < 1.29 is 4.39 Å². The minimum absolute atomic E-state index is 0.137. The molecule has 0 aromatic heterocycles. The van der Waals surface area contributed by atoms with Crippen LogP contribution < -0.4 is 5.32 Å². The SMILES string of the molecule is N#Cc1ccc(CNCc2cccc(Cl)c2F)cc1. The highest BCUT2D eigenvalue weighted by atomic mass is 35.5. The maximum absolute atomic E-state index is 13.6. The normalized spacial score (nSPS) is 10.2. The van der Waals surface area contributed by atoms with Crippen LogP contribution in [-0.4, -0.2) is 0 Å². The fourth-order valence-electron chi connectivity index (χ4n) is 1.72. The summed E-state index contributed by atoms with van der Waals surface area (Å²) < 4.78 is 13.6. The van der Waals surface area contributed by atoms with Crippen LogP contribution in [0.1, 0.15) is 16.7 Å². The lowest BCUT2D eigenvalue weighted by molar-refractivity contribution is 0.588. The van der Waals surface area contributed by atoms with E-state index in [2.05, 4.69) is 11.4 Å². The molecule has 2 aromatic carbocycles. The average Bonchev–Trinajstić information content (AvgIpc) is 2.44. The molecule has 0 radical (unpaired) electrons. The molecule has 19 heavy (non-hydrogen) atoms. The molecule has 0 aliphatic heterocycles. The molecule has 96 valence electrons. The first kappa shape index (κ1) is 13.5. The van der Waals surface area contributed by atoms with Gasteiger partial charge in [0.1, 0.15) is 5.82 Å². The zero-order chi connectivity index (χ0) is 13.7. The summed E-state index contributed by atoms with van der Waals surface area (Å²) in [4.78, 5) is 0. The van der Waals surface area contributed by atoms with Crippen molar-refractivity contribution in [3.63, 3.8) is 0 Å². The highest BCUT2D eigenvalue weighted by molar-refractivity contribution is 6.30. The molecule has 0 spiro atoms. The molecule has 0 heterocycles. The van der Waals surface area contributed by atoms with Crippen LogP contribution in [0.15, 0.2) is 42.5 Å². The maximum atomic E-state index is 13.6. The van der Waals surface area contributed by atoms with Gasteiger partial charge in [0, 0.05) is 18.7 Å². The first-order chi connectivity index (χ1) is 9.20. The Morgan fingerprint density at radius 1 is 1.11 bits per heavy atom. The van der Waals surface area contributed by atoms with Crippen LogP contribution in [0.4, 0.5) is 4.39 Å². The van der Waals surface area contributed by atoms with E-state index >= 15 is 0 Å². The molecule has 2 nitrogen and oxygen atoms in total. The van der Waals surface area contributed by atoms with Gasteiger partial charge in [-0.05, 0) is 23.8 Å².